The lowest BCUT2D eigenvalue weighted by molar-refractivity contribution is -0.128. The molecule has 0 radical (unpaired) electrons. The van der Waals surface area contributed by atoms with Crippen LogP contribution in [0.5, 0.6) is 0 Å². The fraction of sp³-hybridized carbons (Fsp3) is 0.933. The topological polar surface area (TPSA) is 64.3 Å². The van der Waals surface area contributed by atoms with Crippen LogP contribution in [-0.4, -0.2) is 31.7 Å². The van der Waals surface area contributed by atoms with Crippen molar-refractivity contribution in [2.75, 3.05) is 20.3 Å². The summed E-state index contributed by atoms with van der Waals surface area (Å²) in [5, 5.41) is 3.13. The van der Waals surface area contributed by atoms with E-state index in [9.17, 15) is 4.79 Å². The van der Waals surface area contributed by atoms with E-state index < -0.39 is 5.54 Å². The zero-order valence-corrected chi connectivity index (χ0v) is 12.2. The number of carbonyl (C=O) groups excluding carboxylic acids is 1. The maximum absolute atomic E-state index is 12.3. The van der Waals surface area contributed by atoms with E-state index in [1.54, 1.807) is 7.11 Å². The van der Waals surface area contributed by atoms with Crippen molar-refractivity contribution < 1.29 is 9.53 Å². The van der Waals surface area contributed by atoms with E-state index in [4.69, 9.17) is 10.5 Å². The first-order valence-electron chi connectivity index (χ1n) is 7.66. The van der Waals surface area contributed by atoms with Gasteiger partial charge in [-0.1, -0.05) is 25.7 Å². The molecule has 3 N–H and O–H groups in total. The summed E-state index contributed by atoms with van der Waals surface area (Å²) >= 11 is 0. The van der Waals surface area contributed by atoms with E-state index in [-0.39, 0.29) is 11.3 Å². The van der Waals surface area contributed by atoms with Crippen molar-refractivity contribution in [3.05, 3.63) is 0 Å². The van der Waals surface area contributed by atoms with E-state index in [1.807, 2.05) is 0 Å². The smallest absolute Gasteiger partial charge is 0.240 e. The minimum Gasteiger partial charge on any atom is -0.385 e. The molecule has 0 aliphatic heterocycles. The fourth-order valence-electron chi connectivity index (χ4n) is 3.36. The van der Waals surface area contributed by atoms with Crippen molar-refractivity contribution in [3.63, 3.8) is 0 Å². The third kappa shape index (κ3) is 3.48. The molecule has 2 aliphatic rings. The van der Waals surface area contributed by atoms with Gasteiger partial charge in [-0.2, -0.15) is 0 Å². The number of nitrogens with one attached hydrogen (secondary N) is 1. The van der Waals surface area contributed by atoms with Crippen LogP contribution in [0.4, 0.5) is 0 Å². The minimum atomic E-state index is -0.607. The molecule has 110 valence electrons. The number of ether oxygens (including phenoxy) is 1. The van der Waals surface area contributed by atoms with Crippen molar-refractivity contribution >= 4 is 5.91 Å². The molecule has 19 heavy (non-hydrogen) atoms. The van der Waals surface area contributed by atoms with Gasteiger partial charge in [0.25, 0.3) is 0 Å². The SMILES string of the molecule is COCCC1(CNC(=O)C2(N)CCCCC2)CCC1. The van der Waals surface area contributed by atoms with Crippen LogP contribution in [0, 0.1) is 5.41 Å². The van der Waals surface area contributed by atoms with Crippen LogP contribution >= 0.6 is 0 Å². The molecule has 2 aliphatic carbocycles. The molecule has 0 spiro atoms. The van der Waals surface area contributed by atoms with Crippen molar-refractivity contribution in [3.8, 4) is 0 Å². The Morgan fingerprint density at radius 3 is 2.37 bits per heavy atom. The summed E-state index contributed by atoms with van der Waals surface area (Å²) in [4.78, 5) is 12.3. The monoisotopic (exact) mass is 268 g/mol. The summed E-state index contributed by atoms with van der Waals surface area (Å²) in [6, 6.07) is 0. The lowest BCUT2D eigenvalue weighted by atomic mass is 9.66. The zero-order chi connectivity index (χ0) is 13.8. The van der Waals surface area contributed by atoms with Gasteiger partial charge in [0.1, 0.15) is 0 Å². The normalized spacial score (nSPS) is 24.5. The van der Waals surface area contributed by atoms with Crippen LogP contribution in [0.3, 0.4) is 0 Å². The van der Waals surface area contributed by atoms with Gasteiger partial charge in [-0.3, -0.25) is 4.79 Å². The average molecular weight is 268 g/mol. The Morgan fingerprint density at radius 2 is 1.84 bits per heavy atom. The Bertz CT molecular complexity index is 307. The van der Waals surface area contributed by atoms with E-state index in [2.05, 4.69) is 5.32 Å². The van der Waals surface area contributed by atoms with Gasteiger partial charge in [0.15, 0.2) is 0 Å². The van der Waals surface area contributed by atoms with Crippen LogP contribution < -0.4 is 11.1 Å². The van der Waals surface area contributed by atoms with Gasteiger partial charge in [-0.15, -0.1) is 0 Å². The van der Waals surface area contributed by atoms with Crippen LogP contribution in [0.25, 0.3) is 0 Å². The van der Waals surface area contributed by atoms with Gasteiger partial charge >= 0.3 is 0 Å². The molecule has 0 saturated heterocycles. The van der Waals surface area contributed by atoms with Crippen molar-refractivity contribution in [1.29, 1.82) is 0 Å². The lowest BCUT2D eigenvalue weighted by Crippen LogP contribution is -2.57. The summed E-state index contributed by atoms with van der Waals surface area (Å²) in [7, 11) is 1.74. The van der Waals surface area contributed by atoms with Gasteiger partial charge in [0.2, 0.25) is 5.91 Å². The van der Waals surface area contributed by atoms with Crippen molar-refractivity contribution in [2.24, 2.45) is 11.1 Å². The van der Waals surface area contributed by atoms with Crippen LogP contribution in [-0.2, 0) is 9.53 Å². The lowest BCUT2D eigenvalue weighted by Gasteiger charge is -2.43. The van der Waals surface area contributed by atoms with Gasteiger partial charge in [-0.05, 0) is 37.5 Å². The van der Waals surface area contributed by atoms with Crippen LogP contribution in [0.1, 0.15) is 57.8 Å². The molecule has 1 amide bonds. The highest BCUT2D eigenvalue weighted by Crippen LogP contribution is 2.43. The molecule has 2 fully saturated rings. The number of hydrogen-bond donors (Lipinski definition) is 2. The molecule has 2 saturated carbocycles. The molecule has 0 aromatic heterocycles. The highest BCUT2D eigenvalue weighted by molar-refractivity contribution is 5.86. The van der Waals surface area contributed by atoms with Gasteiger partial charge < -0.3 is 15.8 Å². The molecule has 2 rings (SSSR count). The van der Waals surface area contributed by atoms with E-state index in [1.165, 1.54) is 25.7 Å². The van der Waals surface area contributed by atoms with Crippen molar-refractivity contribution in [1.82, 2.24) is 5.32 Å². The minimum absolute atomic E-state index is 0.0656. The fourth-order valence-corrected chi connectivity index (χ4v) is 3.36. The first kappa shape index (κ1) is 14.8. The predicted octanol–water partition coefficient (Wildman–Crippen LogP) is 1.97. The average Bonchev–Trinajstić information content (AvgIpc) is 2.37. The number of carbonyl (C=O) groups is 1. The third-order valence-corrected chi connectivity index (χ3v) is 5.07. The third-order valence-electron chi connectivity index (χ3n) is 5.07. The van der Waals surface area contributed by atoms with Gasteiger partial charge in [0.05, 0.1) is 5.54 Å². The quantitative estimate of drug-likeness (QED) is 0.774. The first-order valence-corrected chi connectivity index (χ1v) is 7.66. The Labute approximate surface area is 116 Å². The highest BCUT2D eigenvalue weighted by atomic mass is 16.5. The van der Waals surface area contributed by atoms with Gasteiger partial charge in [-0.25, -0.2) is 0 Å². The summed E-state index contributed by atoms with van der Waals surface area (Å²) in [5.41, 5.74) is 5.92. The Kier molecular flexibility index (Phi) is 4.85. The predicted molar refractivity (Wildman–Crippen MR) is 75.8 cm³/mol. The largest absolute Gasteiger partial charge is 0.385 e. The van der Waals surface area contributed by atoms with Crippen molar-refractivity contribution in [2.45, 2.75) is 63.3 Å². The second kappa shape index (κ2) is 6.23. The van der Waals surface area contributed by atoms with E-state index in [0.717, 1.165) is 45.3 Å². The van der Waals surface area contributed by atoms with E-state index in [0.29, 0.717) is 0 Å². The molecule has 4 nitrogen and oxygen atoms in total. The highest BCUT2D eigenvalue weighted by Gasteiger charge is 2.40. The summed E-state index contributed by atoms with van der Waals surface area (Å²) in [5.74, 6) is 0.0656. The molecule has 0 aromatic rings. The molecular formula is C15H28N2O2. The maximum atomic E-state index is 12.3. The second-order valence-electron chi connectivity index (χ2n) is 6.50. The first-order chi connectivity index (χ1) is 9.10. The Balaban J connectivity index is 1.81. The molecule has 0 heterocycles. The van der Waals surface area contributed by atoms with Crippen LogP contribution in [0.2, 0.25) is 0 Å². The van der Waals surface area contributed by atoms with Gasteiger partial charge in [0, 0.05) is 20.3 Å². The maximum Gasteiger partial charge on any atom is 0.240 e. The Morgan fingerprint density at radius 1 is 1.16 bits per heavy atom. The molecule has 0 unspecified atom stereocenters. The molecule has 0 bridgehead atoms. The molecule has 4 heteroatoms. The molecule has 0 aromatic carbocycles. The Hall–Kier alpha value is -0.610. The number of methoxy groups -OCH3 is 1. The standard InChI is InChI=1S/C15H28N2O2/c1-19-11-10-14(6-5-7-14)12-17-13(18)15(16)8-3-2-4-9-15/h2-12,16H2,1H3,(H,17,18). The number of nitrogens with two attached hydrogens (primary N) is 1. The summed E-state index contributed by atoms with van der Waals surface area (Å²) in [6.45, 7) is 1.55. The number of hydrogen-bond acceptors (Lipinski definition) is 3. The molecular weight excluding hydrogens is 240 g/mol. The molecule has 0 atom stereocenters. The second-order valence-corrected chi connectivity index (χ2v) is 6.50. The number of amides is 1. The zero-order valence-electron chi connectivity index (χ0n) is 12.2. The summed E-state index contributed by atoms with van der Waals surface area (Å²) < 4.78 is 5.18. The van der Waals surface area contributed by atoms with E-state index >= 15 is 0 Å². The number of rotatable bonds is 6. The van der Waals surface area contributed by atoms with Crippen LogP contribution in [0.15, 0.2) is 0 Å². The summed E-state index contributed by atoms with van der Waals surface area (Å²) in [6.07, 6.45) is 9.77.